The van der Waals surface area contributed by atoms with Gasteiger partial charge in [0.05, 0.1) is 0 Å². The number of nitrogens with zero attached hydrogens (tertiary/aromatic N) is 2. The van der Waals surface area contributed by atoms with Crippen molar-refractivity contribution >= 4 is 17.5 Å². The molecule has 0 bridgehead atoms. The van der Waals surface area contributed by atoms with Gasteiger partial charge in [0.1, 0.15) is 0 Å². The zero-order valence-electron chi connectivity index (χ0n) is 13.7. The highest BCUT2D eigenvalue weighted by Crippen LogP contribution is 2.15. The molecule has 1 aromatic rings. The fraction of sp³-hybridized carbons (Fsp3) is 0.529. The molecule has 1 saturated heterocycles. The van der Waals surface area contributed by atoms with Crippen molar-refractivity contribution in [1.29, 1.82) is 0 Å². The van der Waals surface area contributed by atoms with Crippen molar-refractivity contribution in [3.8, 4) is 0 Å². The van der Waals surface area contributed by atoms with Gasteiger partial charge in [0.25, 0.3) is 0 Å². The fourth-order valence-corrected chi connectivity index (χ4v) is 2.58. The van der Waals surface area contributed by atoms with Crippen molar-refractivity contribution in [2.75, 3.05) is 44.2 Å². The van der Waals surface area contributed by atoms with E-state index >= 15 is 0 Å². The molecule has 0 spiro atoms. The molecular weight excluding hydrogens is 292 g/mol. The summed E-state index contributed by atoms with van der Waals surface area (Å²) < 4.78 is 0. The number of nitrogens with one attached hydrogen (secondary N) is 1. The Bertz CT molecular complexity index is 513. The van der Waals surface area contributed by atoms with E-state index in [0.29, 0.717) is 19.5 Å². The minimum atomic E-state index is -0.209. The van der Waals surface area contributed by atoms with Crippen LogP contribution < -0.4 is 16.0 Å². The van der Waals surface area contributed by atoms with Gasteiger partial charge in [0.2, 0.25) is 11.8 Å². The van der Waals surface area contributed by atoms with Gasteiger partial charge in [-0.1, -0.05) is 25.1 Å². The molecule has 1 aromatic carbocycles. The van der Waals surface area contributed by atoms with Gasteiger partial charge in [-0.2, -0.15) is 0 Å². The van der Waals surface area contributed by atoms with Crippen molar-refractivity contribution < 1.29 is 9.59 Å². The van der Waals surface area contributed by atoms with Crippen LogP contribution in [0.3, 0.4) is 0 Å². The molecular formula is C17H26N4O2. The van der Waals surface area contributed by atoms with Gasteiger partial charge >= 0.3 is 0 Å². The molecule has 23 heavy (non-hydrogen) atoms. The number of anilines is 1. The smallest absolute Gasteiger partial charge is 0.224 e. The van der Waals surface area contributed by atoms with Gasteiger partial charge in [0.15, 0.2) is 0 Å². The summed E-state index contributed by atoms with van der Waals surface area (Å²) in [6.07, 6.45) is 0.342. The normalized spacial score (nSPS) is 16.1. The van der Waals surface area contributed by atoms with E-state index in [1.807, 2.05) is 23.1 Å². The third-order valence-electron chi connectivity index (χ3n) is 4.19. The summed E-state index contributed by atoms with van der Waals surface area (Å²) in [4.78, 5) is 28.0. The molecule has 126 valence electrons. The van der Waals surface area contributed by atoms with Gasteiger partial charge in [-0.05, 0) is 12.1 Å². The first kappa shape index (κ1) is 17.3. The number of carbonyl (C=O) groups excluding carboxylic acids is 2. The van der Waals surface area contributed by atoms with E-state index in [1.54, 1.807) is 6.92 Å². The second-order valence-corrected chi connectivity index (χ2v) is 5.88. The summed E-state index contributed by atoms with van der Waals surface area (Å²) in [6.45, 7) is 5.60. The van der Waals surface area contributed by atoms with Gasteiger partial charge in [0, 0.05) is 57.3 Å². The van der Waals surface area contributed by atoms with Crippen LogP contribution in [0.15, 0.2) is 30.3 Å². The Morgan fingerprint density at radius 1 is 1.17 bits per heavy atom. The van der Waals surface area contributed by atoms with Crippen molar-refractivity contribution in [1.82, 2.24) is 10.2 Å². The summed E-state index contributed by atoms with van der Waals surface area (Å²) in [6, 6.07) is 10.2. The van der Waals surface area contributed by atoms with E-state index in [2.05, 4.69) is 22.3 Å². The highest BCUT2D eigenvalue weighted by molar-refractivity contribution is 5.80. The number of carbonyl (C=O) groups is 2. The van der Waals surface area contributed by atoms with E-state index < -0.39 is 0 Å². The number of hydrogen-bond donors (Lipinski definition) is 2. The first-order chi connectivity index (χ1) is 11.1. The van der Waals surface area contributed by atoms with Gasteiger partial charge < -0.3 is 20.9 Å². The van der Waals surface area contributed by atoms with E-state index in [0.717, 1.165) is 26.2 Å². The molecule has 1 fully saturated rings. The summed E-state index contributed by atoms with van der Waals surface area (Å²) in [5.74, 6) is -0.202. The Labute approximate surface area is 137 Å². The standard InChI is InChI=1S/C17H26N4O2/c1-14(13-18)17(23)19-8-7-16(22)21-11-9-20(10-12-21)15-5-3-2-4-6-15/h2-6,14H,7-13,18H2,1H3,(H,19,23). The van der Waals surface area contributed by atoms with Crippen LogP contribution in [0.2, 0.25) is 0 Å². The third kappa shape index (κ3) is 4.96. The Hall–Kier alpha value is -2.08. The Morgan fingerprint density at radius 2 is 1.83 bits per heavy atom. The highest BCUT2D eigenvalue weighted by atomic mass is 16.2. The van der Waals surface area contributed by atoms with Crippen molar-refractivity contribution in [2.24, 2.45) is 11.7 Å². The van der Waals surface area contributed by atoms with Crippen LogP contribution in [-0.2, 0) is 9.59 Å². The second-order valence-electron chi connectivity index (χ2n) is 5.88. The number of para-hydroxylation sites is 1. The largest absolute Gasteiger partial charge is 0.368 e. The first-order valence-corrected chi connectivity index (χ1v) is 8.17. The minimum Gasteiger partial charge on any atom is -0.368 e. The zero-order chi connectivity index (χ0) is 16.7. The van der Waals surface area contributed by atoms with Crippen LogP contribution >= 0.6 is 0 Å². The number of piperazine rings is 1. The van der Waals surface area contributed by atoms with E-state index in [4.69, 9.17) is 5.73 Å². The summed E-state index contributed by atoms with van der Waals surface area (Å²) in [7, 11) is 0. The van der Waals surface area contributed by atoms with Crippen LogP contribution in [0.4, 0.5) is 5.69 Å². The van der Waals surface area contributed by atoms with Crippen molar-refractivity contribution in [3.63, 3.8) is 0 Å². The van der Waals surface area contributed by atoms with Gasteiger partial charge in [-0.3, -0.25) is 9.59 Å². The SMILES string of the molecule is CC(CN)C(=O)NCCC(=O)N1CCN(c2ccccc2)CC1. The molecule has 6 nitrogen and oxygen atoms in total. The predicted molar refractivity (Wildman–Crippen MR) is 91.1 cm³/mol. The van der Waals surface area contributed by atoms with Gasteiger partial charge in [-0.15, -0.1) is 0 Å². The maximum absolute atomic E-state index is 12.2. The van der Waals surface area contributed by atoms with Crippen molar-refractivity contribution in [3.05, 3.63) is 30.3 Å². The molecule has 6 heteroatoms. The Balaban J connectivity index is 1.70. The molecule has 1 atom stereocenters. The quantitative estimate of drug-likeness (QED) is 0.797. The average Bonchev–Trinajstić information content (AvgIpc) is 2.61. The highest BCUT2D eigenvalue weighted by Gasteiger charge is 2.21. The fourth-order valence-electron chi connectivity index (χ4n) is 2.58. The molecule has 1 aliphatic rings. The van der Waals surface area contributed by atoms with Gasteiger partial charge in [-0.25, -0.2) is 0 Å². The lowest BCUT2D eigenvalue weighted by Crippen LogP contribution is -2.49. The molecule has 2 amide bonds. The average molecular weight is 318 g/mol. The maximum atomic E-state index is 12.2. The topological polar surface area (TPSA) is 78.7 Å². The molecule has 0 radical (unpaired) electrons. The summed E-state index contributed by atoms with van der Waals surface area (Å²) in [5.41, 5.74) is 6.64. The molecule has 0 aliphatic carbocycles. The summed E-state index contributed by atoms with van der Waals surface area (Å²) >= 11 is 0. The Kier molecular flexibility index (Phi) is 6.40. The zero-order valence-corrected chi connectivity index (χ0v) is 13.7. The minimum absolute atomic E-state index is 0.0887. The summed E-state index contributed by atoms with van der Waals surface area (Å²) in [5, 5.41) is 2.76. The van der Waals surface area contributed by atoms with Crippen molar-refractivity contribution in [2.45, 2.75) is 13.3 Å². The molecule has 3 N–H and O–H groups in total. The predicted octanol–water partition coefficient (Wildman–Crippen LogP) is 0.436. The number of rotatable bonds is 6. The van der Waals surface area contributed by atoms with Crippen LogP contribution in [0.25, 0.3) is 0 Å². The second kappa shape index (κ2) is 8.53. The molecule has 1 unspecified atom stereocenters. The molecule has 0 aromatic heterocycles. The Morgan fingerprint density at radius 3 is 2.43 bits per heavy atom. The lowest BCUT2D eigenvalue weighted by Gasteiger charge is -2.36. The third-order valence-corrected chi connectivity index (χ3v) is 4.19. The monoisotopic (exact) mass is 318 g/mol. The van der Waals surface area contributed by atoms with E-state index in [9.17, 15) is 9.59 Å². The number of nitrogens with two attached hydrogens (primary N) is 1. The molecule has 0 saturated carbocycles. The first-order valence-electron chi connectivity index (χ1n) is 8.17. The lowest BCUT2D eigenvalue weighted by atomic mass is 10.1. The molecule has 2 rings (SSSR count). The number of benzene rings is 1. The number of hydrogen-bond acceptors (Lipinski definition) is 4. The lowest BCUT2D eigenvalue weighted by molar-refractivity contribution is -0.131. The van der Waals surface area contributed by atoms with E-state index in [-0.39, 0.29) is 17.7 Å². The number of amides is 2. The van der Waals surface area contributed by atoms with E-state index in [1.165, 1.54) is 5.69 Å². The van der Waals surface area contributed by atoms with Crippen LogP contribution in [0.5, 0.6) is 0 Å². The van der Waals surface area contributed by atoms with Crippen LogP contribution in [0.1, 0.15) is 13.3 Å². The van der Waals surface area contributed by atoms with Crippen LogP contribution in [-0.4, -0.2) is 56.0 Å². The molecule has 1 aliphatic heterocycles. The molecule has 1 heterocycles. The van der Waals surface area contributed by atoms with Crippen LogP contribution in [0, 0.1) is 5.92 Å². The maximum Gasteiger partial charge on any atom is 0.224 e.